The fraction of sp³-hybridized carbons (Fsp3) is 0.240. The van der Waals surface area contributed by atoms with Gasteiger partial charge in [-0.1, -0.05) is 0 Å². The molecule has 0 spiro atoms. The summed E-state index contributed by atoms with van der Waals surface area (Å²) in [5.74, 6) is 1.88. The third kappa shape index (κ3) is 5.12. The van der Waals surface area contributed by atoms with E-state index in [0.29, 0.717) is 41.8 Å². The van der Waals surface area contributed by atoms with Gasteiger partial charge in [0.1, 0.15) is 23.1 Å². The summed E-state index contributed by atoms with van der Waals surface area (Å²) in [4.78, 5) is 5.36. The first-order chi connectivity index (χ1) is 16.0. The van der Waals surface area contributed by atoms with Crippen LogP contribution in [0.15, 0.2) is 59.2 Å². The van der Waals surface area contributed by atoms with E-state index in [9.17, 15) is 4.39 Å². The van der Waals surface area contributed by atoms with Crippen LogP contribution in [0.1, 0.15) is 17.0 Å². The molecule has 0 unspecified atom stereocenters. The van der Waals surface area contributed by atoms with Gasteiger partial charge >= 0.3 is 0 Å². The number of ether oxygens (including phenoxy) is 2. The highest BCUT2D eigenvalue weighted by Gasteiger charge is 2.17. The number of aryl methyl sites for hydroxylation is 1. The number of benzene rings is 2. The number of rotatable bonds is 8. The van der Waals surface area contributed by atoms with E-state index in [-0.39, 0.29) is 5.82 Å². The number of aromatic nitrogens is 1. The maximum Gasteiger partial charge on any atom is 0.173 e. The molecule has 0 radical (unpaired) electrons. The number of furan rings is 1. The summed E-state index contributed by atoms with van der Waals surface area (Å²) in [5, 5.41) is 4.69. The lowest BCUT2D eigenvalue weighted by molar-refractivity contribution is 0.368. The molecule has 0 fully saturated rings. The minimum atomic E-state index is -0.252. The standard InChI is InChI=1S/C25H26FN3O3S/c1-16-20(21-13-17(26)6-8-22(21)27-16)10-11-29(15-19-5-4-12-32-19)25(33)28-23-14-18(30-2)7-9-24(23)31-3/h4-9,12-14,27H,10-11,15H2,1-3H3,(H,28,33). The molecule has 8 heteroatoms. The van der Waals surface area contributed by atoms with Crippen molar-refractivity contribution in [3.8, 4) is 11.5 Å². The number of aromatic amines is 1. The maximum absolute atomic E-state index is 13.9. The number of hydrogen-bond acceptors (Lipinski definition) is 4. The first-order valence-corrected chi connectivity index (χ1v) is 11.0. The SMILES string of the molecule is COc1ccc(OC)c(NC(=S)N(CCc2c(C)[nH]c3ccc(F)cc23)Cc2ccco2)c1. The van der Waals surface area contributed by atoms with Crippen molar-refractivity contribution in [1.82, 2.24) is 9.88 Å². The zero-order valence-electron chi connectivity index (χ0n) is 18.8. The molecule has 0 aliphatic heterocycles. The van der Waals surface area contributed by atoms with Crippen molar-refractivity contribution in [1.29, 1.82) is 0 Å². The minimum absolute atomic E-state index is 0.252. The summed E-state index contributed by atoms with van der Waals surface area (Å²) in [6.45, 7) is 3.09. The summed E-state index contributed by atoms with van der Waals surface area (Å²) in [6.07, 6.45) is 2.31. The number of methoxy groups -OCH3 is 2. The van der Waals surface area contributed by atoms with Crippen LogP contribution >= 0.6 is 12.2 Å². The van der Waals surface area contributed by atoms with E-state index in [4.69, 9.17) is 26.1 Å². The van der Waals surface area contributed by atoms with E-state index >= 15 is 0 Å². The third-order valence-electron chi connectivity index (χ3n) is 5.58. The molecule has 2 N–H and O–H groups in total. The summed E-state index contributed by atoms with van der Waals surface area (Å²) >= 11 is 5.77. The Morgan fingerprint density at radius 3 is 2.73 bits per heavy atom. The fourth-order valence-electron chi connectivity index (χ4n) is 3.87. The second kappa shape index (κ2) is 9.95. The van der Waals surface area contributed by atoms with Crippen molar-refractivity contribution in [3.63, 3.8) is 0 Å². The number of halogens is 1. The number of fused-ring (bicyclic) bond motifs is 1. The van der Waals surface area contributed by atoms with Gasteiger partial charge in [0.25, 0.3) is 0 Å². The predicted octanol–water partition coefficient (Wildman–Crippen LogP) is 5.67. The molecule has 0 bridgehead atoms. The van der Waals surface area contributed by atoms with Crippen molar-refractivity contribution in [2.24, 2.45) is 0 Å². The molecule has 6 nitrogen and oxygen atoms in total. The van der Waals surface area contributed by atoms with Gasteiger partial charge < -0.3 is 29.1 Å². The summed E-state index contributed by atoms with van der Waals surface area (Å²) in [6, 6.07) is 14.0. The Bertz CT molecular complexity index is 1250. The highest BCUT2D eigenvalue weighted by molar-refractivity contribution is 7.80. The van der Waals surface area contributed by atoms with Gasteiger partial charge in [-0.25, -0.2) is 4.39 Å². The minimum Gasteiger partial charge on any atom is -0.497 e. The molecular weight excluding hydrogens is 441 g/mol. The molecular formula is C25H26FN3O3S. The summed E-state index contributed by atoms with van der Waals surface area (Å²) in [7, 11) is 3.22. The molecule has 2 aromatic carbocycles. The lowest BCUT2D eigenvalue weighted by Gasteiger charge is -2.26. The Morgan fingerprint density at radius 2 is 2.00 bits per heavy atom. The monoisotopic (exact) mass is 467 g/mol. The van der Waals surface area contributed by atoms with Gasteiger partial charge in [0.05, 0.1) is 32.7 Å². The van der Waals surface area contributed by atoms with Crippen LogP contribution in [0.2, 0.25) is 0 Å². The zero-order valence-corrected chi connectivity index (χ0v) is 19.6. The largest absolute Gasteiger partial charge is 0.497 e. The fourth-order valence-corrected chi connectivity index (χ4v) is 4.14. The molecule has 0 atom stereocenters. The van der Waals surface area contributed by atoms with Gasteiger partial charge in [-0.15, -0.1) is 0 Å². The molecule has 2 heterocycles. The van der Waals surface area contributed by atoms with Crippen LogP contribution in [0.25, 0.3) is 10.9 Å². The lowest BCUT2D eigenvalue weighted by Crippen LogP contribution is -2.36. The molecule has 0 aliphatic rings. The molecule has 0 aliphatic carbocycles. The summed E-state index contributed by atoms with van der Waals surface area (Å²) in [5.41, 5.74) is 3.71. The molecule has 0 amide bonds. The Balaban J connectivity index is 1.58. The van der Waals surface area contributed by atoms with E-state index in [1.807, 2.05) is 42.2 Å². The van der Waals surface area contributed by atoms with Crippen molar-refractivity contribution >= 4 is 33.9 Å². The van der Waals surface area contributed by atoms with E-state index in [1.54, 1.807) is 32.6 Å². The van der Waals surface area contributed by atoms with Gasteiger partial charge in [0.15, 0.2) is 5.11 Å². The van der Waals surface area contributed by atoms with Crippen LogP contribution in [-0.2, 0) is 13.0 Å². The molecule has 33 heavy (non-hydrogen) atoms. The van der Waals surface area contributed by atoms with Crippen LogP contribution in [0.3, 0.4) is 0 Å². The molecule has 172 valence electrons. The molecule has 2 aromatic heterocycles. The normalized spacial score (nSPS) is 10.9. The van der Waals surface area contributed by atoms with E-state index in [2.05, 4.69) is 10.3 Å². The lowest BCUT2D eigenvalue weighted by atomic mass is 10.1. The first-order valence-electron chi connectivity index (χ1n) is 10.6. The number of nitrogens with zero attached hydrogens (tertiary/aromatic N) is 1. The predicted molar refractivity (Wildman–Crippen MR) is 132 cm³/mol. The Labute approximate surface area is 197 Å². The topological polar surface area (TPSA) is 62.7 Å². The van der Waals surface area contributed by atoms with E-state index in [1.165, 1.54) is 6.07 Å². The average molecular weight is 468 g/mol. The van der Waals surface area contributed by atoms with Gasteiger partial charge in [-0.3, -0.25) is 0 Å². The molecule has 4 aromatic rings. The van der Waals surface area contributed by atoms with Crippen LogP contribution in [0, 0.1) is 12.7 Å². The highest BCUT2D eigenvalue weighted by Crippen LogP contribution is 2.30. The number of nitrogens with one attached hydrogen (secondary N) is 2. The smallest absolute Gasteiger partial charge is 0.173 e. The molecule has 0 saturated carbocycles. The second-order valence-electron chi connectivity index (χ2n) is 7.67. The molecule has 4 rings (SSSR count). The number of thiocarbonyl (C=S) groups is 1. The summed E-state index contributed by atoms with van der Waals surface area (Å²) < 4.78 is 30.3. The Kier molecular flexibility index (Phi) is 6.84. The number of anilines is 1. The van der Waals surface area contributed by atoms with Crippen LogP contribution in [0.5, 0.6) is 11.5 Å². The van der Waals surface area contributed by atoms with Crippen molar-refractivity contribution < 1.29 is 18.3 Å². The highest BCUT2D eigenvalue weighted by atomic mass is 32.1. The van der Waals surface area contributed by atoms with E-state index < -0.39 is 0 Å². The number of H-pyrrole nitrogens is 1. The maximum atomic E-state index is 13.9. The van der Waals surface area contributed by atoms with Crippen LogP contribution in [0.4, 0.5) is 10.1 Å². The third-order valence-corrected chi connectivity index (χ3v) is 5.94. The van der Waals surface area contributed by atoms with Crippen LogP contribution < -0.4 is 14.8 Å². The number of hydrogen-bond donors (Lipinski definition) is 2. The van der Waals surface area contributed by atoms with E-state index in [0.717, 1.165) is 27.9 Å². The quantitative estimate of drug-likeness (QED) is 0.326. The Hall–Kier alpha value is -3.52. The average Bonchev–Trinajstić information content (AvgIpc) is 3.43. The Morgan fingerprint density at radius 1 is 1.15 bits per heavy atom. The van der Waals surface area contributed by atoms with Crippen molar-refractivity contribution in [3.05, 3.63) is 77.6 Å². The van der Waals surface area contributed by atoms with Crippen molar-refractivity contribution in [2.75, 3.05) is 26.1 Å². The van der Waals surface area contributed by atoms with Crippen molar-refractivity contribution in [2.45, 2.75) is 19.9 Å². The molecule has 0 saturated heterocycles. The van der Waals surface area contributed by atoms with Gasteiger partial charge in [0.2, 0.25) is 0 Å². The van der Waals surface area contributed by atoms with Gasteiger partial charge in [-0.05, 0) is 73.6 Å². The van der Waals surface area contributed by atoms with Crippen LogP contribution in [-0.4, -0.2) is 35.8 Å². The zero-order chi connectivity index (χ0) is 23.4. The first kappa shape index (κ1) is 22.7. The van der Waals surface area contributed by atoms with Gasteiger partial charge in [0, 0.05) is 29.2 Å². The second-order valence-corrected chi connectivity index (χ2v) is 8.05. The van der Waals surface area contributed by atoms with Gasteiger partial charge in [-0.2, -0.15) is 0 Å².